The molecule has 1 aromatic heterocycles. The second kappa shape index (κ2) is 5.72. The lowest BCUT2D eigenvalue weighted by molar-refractivity contribution is 0.317. The number of thiazole rings is 1. The molecular weight excluding hydrogens is 256 g/mol. The van der Waals surface area contributed by atoms with Crippen molar-refractivity contribution in [1.82, 2.24) is 10.3 Å². The molecule has 0 aliphatic carbocycles. The summed E-state index contributed by atoms with van der Waals surface area (Å²) >= 11 is 1.79. The number of ether oxygens (including phenoxy) is 1. The number of rotatable bonds is 4. The number of aromatic nitrogens is 1. The van der Waals surface area contributed by atoms with Crippen LogP contribution in [0, 0.1) is 0 Å². The molecule has 1 aliphatic rings. The summed E-state index contributed by atoms with van der Waals surface area (Å²) in [4.78, 5) is 6.14. The molecule has 3 rings (SSSR count). The fraction of sp³-hybridized carbons (Fsp3) is 0.400. The standard InChI is InChI=1S/C15H18N2OS/c1-2-8-18-12-5-3-4-11(9-12)15-17-13-6-7-16-10-14(13)19-15/h3-5,9,16H,2,6-8,10H2,1H3. The van der Waals surface area contributed by atoms with Crippen molar-refractivity contribution in [3.05, 3.63) is 34.8 Å². The van der Waals surface area contributed by atoms with E-state index in [2.05, 4.69) is 24.4 Å². The number of nitrogens with one attached hydrogen (secondary N) is 1. The highest BCUT2D eigenvalue weighted by Crippen LogP contribution is 2.31. The second-order valence-corrected chi connectivity index (χ2v) is 5.78. The minimum absolute atomic E-state index is 0.766. The quantitative estimate of drug-likeness (QED) is 0.929. The molecule has 3 nitrogen and oxygen atoms in total. The summed E-state index contributed by atoms with van der Waals surface area (Å²) in [6, 6.07) is 8.25. The molecule has 0 amide bonds. The number of hydrogen-bond acceptors (Lipinski definition) is 4. The summed E-state index contributed by atoms with van der Waals surface area (Å²) in [7, 11) is 0. The number of benzene rings is 1. The third kappa shape index (κ3) is 2.80. The van der Waals surface area contributed by atoms with E-state index in [1.54, 1.807) is 11.3 Å². The molecule has 100 valence electrons. The highest BCUT2D eigenvalue weighted by atomic mass is 32.1. The van der Waals surface area contributed by atoms with Crippen LogP contribution >= 0.6 is 11.3 Å². The lowest BCUT2D eigenvalue weighted by atomic mass is 10.2. The average Bonchev–Trinajstić information content (AvgIpc) is 2.89. The van der Waals surface area contributed by atoms with E-state index in [1.165, 1.54) is 10.6 Å². The molecule has 1 N–H and O–H groups in total. The summed E-state index contributed by atoms with van der Waals surface area (Å²) in [6.07, 6.45) is 2.07. The predicted molar refractivity (Wildman–Crippen MR) is 78.7 cm³/mol. The monoisotopic (exact) mass is 274 g/mol. The van der Waals surface area contributed by atoms with Gasteiger partial charge in [-0.1, -0.05) is 19.1 Å². The molecule has 1 aliphatic heterocycles. The van der Waals surface area contributed by atoms with Gasteiger partial charge in [0.05, 0.1) is 12.3 Å². The highest BCUT2D eigenvalue weighted by Gasteiger charge is 2.15. The maximum atomic E-state index is 5.68. The topological polar surface area (TPSA) is 34.1 Å². The van der Waals surface area contributed by atoms with Crippen molar-refractivity contribution in [3.63, 3.8) is 0 Å². The van der Waals surface area contributed by atoms with Gasteiger partial charge in [-0.2, -0.15) is 0 Å². The van der Waals surface area contributed by atoms with E-state index < -0.39 is 0 Å². The molecule has 0 atom stereocenters. The summed E-state index contributed by atoms with van der Waals surface area (Å²) in [6.45, 7) is 4.88. The molecule has 0 fully saturated rings. The number of nitrogens with zero attached hydrogens (tertiary/aromatic N) is 1. The second-order valence-electron chi connectivity index (χ2n) is 4.69. The van der Waals surface area contributed by atoms with Crippen molar-refractivity contribution in [2.45, 2.75) is 26.3 Å². The predicted octanol–water partition coefficient (Wildman–Crippen LogP) is 3.24. The van der Waals surface area contributed by atoms with Gasteiger partial charge in [0.1, 0.15) is 10.8 Å². The van der Waals surface area contributed by atoms with Crippen molar-refractivity contribution in [2.75, 3.05) is 13.2 Å². The van der Waals surface area contributed by atoms with Crippen LogP contribution in [0.15, 0.2) is 24.3 Å². The van der Waals surface area contributed by atoms with E-state index >= 15 is 0 Å². The zero-order valence-electron chi connectivity index (χ0n) is 11.1. The van der Waals surface area contributed by atoms with E-state index in [0.29, 0.717) is 0 Å². The third-order valence-corrected chi connectivity index (χ3v) is 4.30. The van der Waals surface area contributed by atoms with Gasteiger partial charge in [0.15, 0.2) is 0 Å². The Kier molecular flexibility index (Phi) is 3.80. The molecule has 2 heterocycles. The maximum absolute atomic E-state index is 5.68. The van der Waals surface area contributed by atoms with Gasteiger partial charge in [-0.05, 0) is 18.6 Å². The Morgan fingerprint density at radius 2 is 2.37 bits per heavy atom. The first-order chi connectivity index (χ1) is 9.36. The van der Waals surface area contributed by atoms with E-state index in [-0.39, 0.29) is 0 Å². The molecule has 0 saturated carbocycles. The maximum Gasteiger partial charge on any atom is 0.124 e. The Morgan fingerprint density at radius 3 is 3.21 bits per heavy atom. The highest BCUT2D eigenvalue weighted by molar-refractivity contribution is 7.15. The Morgan fingerprint density at radius 1 is 1.42 bits per heavy atom. The first kappa shape index (κ1) is 12.6. The molecule has 4 heteroatoms. The molecular formula is C15H18N2OS. The smallest absolute Gasteiger partial charge is 0.124 e. The Bertz CT molecular complexity index is 542. The van der Waals surface area contributed by atoms with Crippen molar-refractivity contribution in [1.29, 1.82) is 0 Å². The van der Waals surface area contributed by atoms with Gasteiger partial charge in [0, 0.05) is 30.0 Å². The SMILES string of the molecule is CCCOc1cccc(-c2nc3c(s2)CNCC3)c1. The molecule has 0 saturated heterocycles. The van der Waals surface area contributed by atoms with Crippen LogP contribution in [0.2, 0.25) is 0 Å². The molecule has 0 radical (unpaired) electrons. The minimum atomic E-state index is 0.766. The van der Waals surface area contributed by atoms with Gasteiger partial charge < -0.3 is 10.1 Å². The van der Waals surface area contributed by atoms with Crippen molar-refractivity contribution in [3.8, 4) is 16.3 Å². The zero-order chi connectivity index (χ0) is 13.1. The molecule has 0 bridgehead atoms. The van der Waals surface area contributed by atoms with E-state index in [4.69, 9.17) is 9.72 Å². The van der Waals surface area contributed by atoms with Crippen molar-refractivity contribution < 1.29 is 4.74 Å². The summed E-state index contributed by atoms with van der Waals surface area (Å²) in [5.74, 6) is 0.936. The first-order valence-corrected chi connectivity index (χ1v) is 7.61. The van der Waals surface area contributed by atoms with Crippen LogP contribution in [0.1, 0.15) is 23.9 Å². The molecule has 2 aromatic rings. The minimum Gasteiger partial charge on any atom is -0.494 e. The summed E-state index contributed by atoms with van der Waals surface area (Å²) in [5, 5.41) is 4.50. The lowest BCUT2D eigenvalue weighted by Gasteiger charge is -2.09. The first-order valence-electron chi connectivity index (χ1n) is 6.79. The normalized spacial score (nSPS) is 14.2. The van der Waals surface area contributed by atoms with Crippen LogP contribution in [0.25, 0.3) is 10.6 Å². The van der Waals surface area contributed by atoms with Crippen LogP contribution < -0.4 is 10.1 Å². The average molecular weight is 274 g/mol. The van der Waals surface area contributed by atoms with Crippen LogP contribution in [-0.2, 0) is 13.0 Å². The number of hydrogen-bond donors (Lipinski definition) is 1. The molecule has 0 spiro atoms. The number of fused-ring (bicyclic) bond motifs is 1. The van der Waals surface area contributed by atoms with Crippen LogP contribution in [0.5, 0.6) is 5.75 Å². The Balaban J connectivity index is 1.86. The van der Waals surface area contributed by atoms with Crippen molar-refractivity contribution in [2.24, 2.45) is 0 Å². The zero-order valence-corrected chi connectivity index (χ0v) is 11.9. The molecule has 1 aromatic carbocycles. The fourth-order valence-electron chi connectivity index (χ4n) is 2.19. The van der Waals surface area contributed by atoms with E-state index in [1.807, 2.05) is 12.1 Å². The van der Waals surface area contributed by atoms with Crippen LogP contribution in [0.3, 0.4) is 0 Å². The summed E-state index contributed by atoms with van der Waals surface area (Å²) < 4.78 is 5.68. The van der Waals surface area contributed by atoms with Crippen LogP contribution in [0.4, 0.5) is 0 Å². The van der Waals surface area contributed by atoms with Gasteiger partial charge in [0.25, 0.3) is 0 Å². The van der Waals surface area contributed by atoms with Gasteiger partial charge in [-0.25, -0.2) is 4.98 Å². The van der Waals surface area contributed by atoms with Gasteiger partial charge in [0.2, 0.25) is 0 Å². The largest absolute Gasteiger partial charge is 0.494 e. The third-order valence-electron chi connectivity index (χ3n) is 3.16. The van der Waals surface area contributed by atoms with Gasteiger partial charge >= 0.3 is 0 Å². The Hall–Kier alpha value is -1.39. The lowest BCUT2D eigenvalue weighted by Crippen LogP contribution is -2.22. The summed E-state index contributed by atoms with van der Waals surface area (Å²) in [5.41, 5.74) is 2.42. The van der Waals surface area contributed by atoms with Gasteiger partial charge in [-0.3, -0.25) is 0 Å². The van der Waals surface area contributed by atoms with Crippen molar-refractivity contribution >= 4 is 11.3 Å². The molecule has 19 heavy (non-hydrogen) atoms. The fourth-order valence-corrected chi connectivity index (χ4v) is 3.26. The van der Waals surface area contributed by atoms with Crippen LogP contribution in [-0.4, -0.2) is 18.1 Å². The van der Waals surface area contributed by atoms with E-state index in [9.17, 15) is 0 Å². The molecule has 0 unspecified atom stereocenters. The van der Waals surface area contributed by atoms with Gasteiger partial charge in [-0.15, -0.1) is 11.3 Å². The van der Waals surface area contributed by atoms with E-state index in [0.717, 1.165) is 48.9 Å². The Labute approximate surface area is 117 Å².